The normalized spacial score (nSPS) is 10.3. The fourth-order valence-corrected chi connectivity index (χ4v) is 3.39. The fraction of sp³-hybridized carbons (Fsp3) is 0.263. The van der Waals surface area contributed by atoms with Crippen molar-refractivity contribution in [3.63, 3.8) is 0 Å². The molecule has 0 spiro atoms. The summed E-state index contributed by atoms with van der Waals surface area (Å²) in [7, 11) is 0. The lowest BCUT2D eigenvalue weighted by Crippen LogP contribution is -2.47. The molecule has 0 atom stereocenters. The standard InChI is InChI=1S/C19H22ClN3OS2/c1-13-3-4-14(2)17(11-13)26-12-18(24)22-23-19(25)21-10-9-15-5-7-16(20)8-6-15/h3-8,11H,9-10,12H2,1-2H3,(H,22,24)(H2,21,23,25). The Morgan fingerprint density at radius 2 is 1.85 bits per heavy atom. The number of hydrazine groups is 1. The Morgan fingerprint density at radius 1 is 1.12 bits per heavy atom. The average molecular weight is 408 g/mol. The lowest BCUT2D eigenvalue weighted by molar-refractivity contribution is -0.119. The molecule has 0 saturated carbocycles. The number of nitrogens with one attached hydrogen (secondary N) is 3. The third kappa shape index (κ3) is 7.23. The van der Waals surface area contributed by atoms with Crippen molar-refractivity contribution in [3.8, 4) is 0 Å². The molecular weight excluding hydrogens is 386 g/mol. The summed E-state index contributed by atoms with van der Waals surface area (Å²) >= 11 is 12.5. The van der Waals surface area contributed by atoms with Gasteiger partial charge in [0.25, 0.3) is 0 Å². The van der Waals surface area contributed by atoms with Crippen molar-refractivity contribution >= 4 is 46.6 Å². The van der Waals surface area contributed by atoms with E-state index in [0.29, 0.717) is 17.4 Å². The number of carbonyl (C=O) groups is 1. The number of amides is 1. The lowest BCUT2D eigenvalue weighted by atomic mass is 10.1. The Bertz CT molecular complexity index is 766. The molecule has 0 aliphatic rings. The number of halogens is 1. The summed E-state index contributed by atoms with van der Waals surface area (Å²) in [6, 6.07) is 13.9. The maximum Gasteiger partial charge on any atom is 0.248 e. The number of aryl methyl sites for hydroxylation is 2. The van der Waals surface area contributed by atoms with Crippen LogP contribution in [0.5, 0.6) is 0 Å². The molecule has 1 amide bonds. The van der Waals surface area contributed by atoms with Gasteiger partial charge in [-0.1, -0.05) is 41.4 Å². The number of carbonyl (C=O) groups excluding carboxylic acids is 1. The lowest BCUT2D eigenvalue weighted by Gasteiger charge is -2.12. The van der Waals surface area contributed by atoms with Crippen LogP contribution in [0.1, 0.15) is 16.7 Å². The zero-order valence-electron chi connectivity index (χ0n) is 14.8. The van der Waals surface area contributed by atoms with Crippen LogP contribution in [0.25, 0.3) is 0 Å². The number of rotatable bonds is 6. The predicted octanol–water partition coefficient (Wildman–Crippen LogP) is 3.79. The molecule has 0 saturated heterocycles. The zero-order valence-corrected chi connectivity index (χ0v) is 17.2. The van der Waals surface area contributed by atoms with Crippen LogP contribution in [-0.2, 0) is 11.2 Å². The van der Waals surface area contributed by atoms with Gasteiger partial charge in [0.15, 0.2) is 5.11 Å². The molecule has 0 bridgehead atoms. The van der Waals surface area contributed by atoms with Gasteiger partial charge < -0.3 is 5.32 Å². The van der Waals surface area contributed by atoms with E-state index in [9.17, 15) is 4.79 Å². The van der Waals surface area contributed by atoms with E-state index in [0.717, 1.165) is 16.3 Å². The highest BCUT2D eigenvalue weighted by molar-refractivity contribution is 8.00. The van der Waals surface area contributed by atoms with Gasteiger partial charge in [-0.2, -0.15) is 0 Å². The van der Waals surface area contributed by atoms with Crippen molar-refractivity contribution in [2.75, 3.05) is 12.3 Å². The second-order valence-corrected chi connectivity index (χ2v) is 7.73. The molecule has 0 unspecified atom stereocenters. The summed E-state index contributed by atoms with van der Waals surface area (Å²) in [5, 5.41) is 4.17. The van der Waals surface area contributed by atoms with Crippen LogP contribution in [0, 0.1) is 13.8 Å². The fourth-order valence-electron chi connectivity index (χ4n) is 2.18. The van der Waals surface area contributed by atoms with E-state index in [4.69, 9.17) is 23.8 Å². The van der Waals surface area contributed by atoms with Crippen LogP contribution in [0.4, 0.5) is 0 Å². The first kappa shape index (κ1) is 20.6. The van der Waals surface area contributed by atoms with Crippen molar-refractivity contribution in [1.29, 1.82) is 0 Å². The SMILES string of the molecule is Cc1ccc(C)c(SCC(=O)NNC(=S)NCCc2ccc(Cl)cc2)c1. The molecule has 0 radical (unpaired) electrons. The molecule has 2 aromatic carbocycles. The molecular formula is C19H22ClN3OS2. The minimum Gasteiger partial charge on any atom is -0.361 e. The molecule has 3 N–H and O–H groups in total. The Kier molecular flexibility index (Phi) is 8.22. The molecule has 7 heteroatoms. The zero-order chi connectivity index (χ0) is 18.9. The average Bonchev–Trinajstić information content (AvgIpc) is 2.62. The minimum absolute atomic E-state index is 0.127. The van der Waals surface area contributed by atoms with Gasteiger partial charge in [0.1, 0.15) is 0 Å². The molecule has 2 rings (SSSR count). The topological polar surface area (TPSA) is 53.2 Å². The monoisotopic (exact) mass is 407 g/mol. The second-order valence-electron chi connectivity index (χ2n) is 5.86. The first-order chi connectivity index (χ1) is 12.4. The van der Waals surface area contributed by atoms with Crippen LogP contribution in [0.2, 0.25) is 5.02 Å². The van der Waals surface area contributed by atoms with E-state index < -0.39 is 0 Å². The summed E-state index contributed by atoms with van der Waals surface area (Å²) in [4.78, 5) is 13.1. The highest BCUT2D eigenvalue weighted by Gasteiger charge is 2.06. The van der Waals surface area contributed by atoms with Crippen molar-refractivity contribution in [2.24, 2.45) is 0 Å². The van der Waals surface area contributed by atoms with Gasteiger partial charge in [-0.15, -0.1) is 11.8 Å². The molecule has 26 heavy (non-hydrogen) atoms. The van der Waals surface area contributed by atoms with E-state index in [2.05, 4.69) is 34.4 Å². The summed E-state index contributed by atoms with van der Waals surface area (Å²) in [6.45, 7) is 4.75. The Morgan fingerprint density at radius 3 is 2.58 bits per heavy atom. The number of benzene rings is 2. The highest BCUT2D eigenvalue weighted by atomic mass is 35.5. The van der Waals surface area contributed by atoms with Gasteiger partial charge in [-0.25, -0.2) is 0 Å². The van der Waals surface area contributed by atoms with Gasteiger partial charge >= 0.3 is 0 Å². The third-order valence-electron chi connectivity index (χ3n) is 3.63. The predicted molar refractivity (Wildman–Crippen MR) is 114 cm³/mol. The quantitative estimate of drug-likeness (QED) is 0.386. The maximum atomic E-state index is 11.9. The Hall–Kier alpha value is -1.76. The second kappa shape index (κ2) is 10.4. The summed E-state index contributed by atoms with van der Waals surface area (Å²) in [5.74, 6) is 0.197. The number of thiocarbonyl (C=S) groups is 1. The molecule has 0 heterocycles. The van der Waals surface area contributed by atoms with Crippen molar-refractivity contribution < 1.29 is 4.79 Å². The molecule has 0 aromatic heterocycles. The van der Waals surface area contributed by atoms with Gasteiger partial charge in [0.2, 0.25) is 5.91 Å². The summed E-state index contributed by atoms with van der Waals surface area (Å²) in [5.41, 5.74) is 8.85. The van der Waals surface area contributed by atoms with E-state index in [1.54, 1.807) is 0 Å². The Labute approximate surface area is 169 Å². The van der Waals surface area contributed by atoms with Crippen molar-refractivity contribution in [1.82, 2.24) is 16.2 Å². The number of thioether (sulfide) groups is 1. The highest BCUT2D eigenvalue weighted by Crippen LogP contribution is 2.23. The first-order valence-corrected chi connectivity index (χ1v) is 9.98. The molecule has 138 valence electrons. The minimum atomic E-state index is -0.127. The molecule has 4 nitrogen and oxygen atoms in total. The van der Waals surface area contributed by atoms with E-state index in [1.165, 1.54) is 28.5 Å². The summed E-state index contributed by atoms with van der Waals surface area (Å²) in [6.07, 6.45) is 0.815. The van der Waals surface area contributed by atoms with Gasteiger partial charge in [-0.05, 0) is 61.8 Å². The maximum absolute atomic E-state index is 11.9. The van der Waals surface area contributed by atoms with Crippen LogP contribution in [-0.4, -0.2) is 23.3 Å². The molecule has 0 aliphatic carbocycles. The molecule has 0 aliphatic heterocycles. The number of hydrogen-bond donors (Lipinski definition) is 3. The third-order valence-corrected chi connectivity index (χ3v) is 5.29. The largest absolute Gasteiger partial charge is 0.361 e. The van der Waals surface area contributed by atoms with Gasteiger partial charge in [-0.3, -0.25) is 15.6 Å². The van der Waals surface area contributed by atoms with Crippen molar-refractivity contribution in [3.05, 3.63) is 64.2 Å². The van der Waals surface area contributed by atoms with Crippen LogP contribution in [0.15, 0.2) is 47.4 Å². The van der Waals surface area contributed by atoms with Crippen LogP contribution < -0.4 is 16.2 Å². The smallest absolute Gasteiger partial charge is 0.248 e. The first-order valence-electron chi connectivity index (χ1n) is 8.21. The van der Waals surface area contributed by atoms with E-state index >= 15 is 0 Å². The molecule has 0 fully saturated rings. The molecule has 2 aromatic rings. The van der Waals surface area contributed by atoms with Crippen LogP contribution in [0.3, 0.4) is 0 Å². The van der Waals surface area contributed by atoms with Crippen molar-refractivity contribution in [2.45, 2.75) is 25.2 Å². The van der Waals surface area contributed by atoms with Gasteiger partial charge in [0, 0.05) is 16.5 Å². The number of hydrogen-bond acceptors (Lipinski definition) is 3. The Balaban J connectivity index is 1.64. The summed E-state index contributed by atoms with van der Waals surface area (Å²) < 4.78 is 0. The van der Waals surface area contributed by atoms with E-state index in [-0.39, 0.29) is 5.91 Å². The van der Waals surface area contributed by atoms with Crippen LogP contribution >= 0.6 is 35.6 Å². The van der Waals surface area contributed by atoms with E-state index in [1.807, 2.05) is 38.1 Å². The van der Waals surface area contributed by atoms with Gasteiger partial charge in [0.05, 0.1) is 5.75 Å².